The third-order valence-corrected chi connectivity index (χ3v) is 5.00. The predicted octanol–water partition coefficient (Wildman–Crippen LogP) is 4.49. The molecule has 142 valence electrons. The highest BCUT2D eigenvalue weighted by Crippen LogP contribution is 2.25. The molecule has 4 rings (SSSR count). The Morgan fingerprint density at radius 3 is 2.43 bits per heavy atom. The summed E-state index contributed by atoms with van der Waals surface area (Å²) in [5.74, 6) is -0.0840. The predicted molar refractivity (Wildman–Crippen MR) is 112 cm³/mol. The van der Waals surface area contributed by atoms with Crippen LogP contribution in [0.15, 0.2) is 48.7 Å². The Labute approximate surface area is 164 Å². The van der Waals surface area contributed by atoms with Crippen molar-refractivity contribution in [3.8, 4) is 11.3 Å². The highest BCUT2D eigenvalue weighted by atomic mass is 16.1. The van der Waals surface area contributed by atoms with Crippen LogP contribution in [0.5, 0.6) is 0 Å². The summed E-state index contributed by atoms with van der Waals surface area (Å²) in [6, 6.07) is 14.3. The molecule has 0 aliphatic carbocycles. The van der Waals surface area contributed by atoms with E-state index in [2.05, 4.69) is 65.1 Å². The summed E-state index contributed by atoms with van der Waals surface area (Å²) < 4.78 is 2.07. The van der Waals surface area contributed by atoms with Crippen LogP contribution in [-0.2, 0) is 6.54 Å². The zero-order chi connectivity index (χ0) is 19.8. The number of pyridine rings is 1. The van der Waals surface area contributed by atoms with Crippen LogP contribution in [-0.4, -0.2) is 20.3 Å². The van der Waals surface area contributed by atoms with Gasteiger partial charge in [0.2, 0.25) is 0 Å². The van der Waals surface area contributed by atoms with Crippen LogP contribution in [0.1, 0.15) is 38.6 Å². The number of hydrogen-bond donors (Lipinski definition) is 2. The fourth-order valence-corrected chi connectivity index (χ4v) is 3.53. The van der Waals surface area contributed by atoms with Gasteiger partial charge < -0.3 is 14.7 Å². The lowest BCUT2D eigenvalue weighted by atomic mass is 10.1. The molecule has 0 saturated carbocycles. The molecule has 28 heavy (non-hydrogen) atoms. The average Bonchev–Trinajstić information content (AvgIpc) is 3.19. The zero-order valence-corrected chi connectivity index (χ0v) is 16.6. The summed E-state index contributed by atoms with van der Waals surface area (Å²) in [5, 5.41) is 3.07. The van der Waals surface area contributed by atoms with Gasteiger partial charge in [0.15, 0.2) is 0 Å². The van der Waals surface area contributed by atoms with Crippen molar-refractivity contribution in [1.29, 1.82) is 0 Å². The molecular weight excluding hydrogens is 348 g/mol. The van der Waals surface area contributed by atoms with Crippen LogP contribution < -0.4 is 5.32 Å². The molecule has 0 atom stereocenters. The molecule has 0 saturated heterocycles. The van der Waals surface area contributed by atoms with Gasteiger partial charge in [0, 0.05) is 23.1 Å². The van der Waals surface area contributed by atoms with Crippen LogP contribution in [0, 0.1) is 27.7 Å². The monoisotopic (exact) mass is 372 g/mol. The first-order chi connectivity index (χ1) is 13.4. The second-order valence-corrected chi connectivity index (χ2v) is 7.38. The molecule has 0 fully saturated rings. The van der Waals surface area contributed by atoms with Crippen LogP contribution >= 0.6 is 0 Å². The van der Waals surface area contributed by atoms with Gasteiger partial charge in [-0.05, 0) is 45.4 Å². The number of carbonyl (C=O) groups excluding carboxylic acids is 1. The van der Waals surface area contributed by atoms with Gasteiger partial charge in [0.1, 0.15) is 5.65 Å². The molecule has 4 aromatic rings. The minimum atomic E-state index is -0.0840. The number of carbonyl (C=O) groups is 1. The Morgan fingerprint density at radius 1 is 1.04 bits per heavy atom. The number of benzene rings is 1. The maximum absolute atomic E-state index is 12.7. The van der Waals surface area contributed by atoms with Crippen LogP contribution in [0.2, 0.25) is 0 Å². The number of H-pyrrole nitrogens is 1. The Hall–Kier alpha value is -3.34. The number of aryl methyl sites for hydroxylation is 4. The quantitative estimate of drug-likeness (QED) is 0.554. The molecule has 0 aliphatic heterocycles. The molecule has 1 aromatic carbocycles. The fraction of sp³-hybridized carbons (Fsp3) is 0.217. The summed E-state index contributed by atoms with van der Waals surface area (Å²) in [7, 11) is 0. The van der Waals surface area contributed by atoms with Gasteiger partial charge >= 0.3 is 0 Å². The lowest BCUT2D eigenvalue weighted by Crippen LogP contribution is -2.24. The molecular formula is C23H24N4O. The van der Waals surface area contributed by atoms with Crippen molar-refractivity contribution in [2.24, 2.45) is 0 Å². The molecule has 0 unspecified atom stereocenters. The Balaban J connectivity index is 1.73. The van der Waals surface area contributed by atoms with Crippen molar-refractivity contribution in [2.75, 3.05) is 0 Å². The summed E-state index contributed by atoms with van der Waals surface area (Å²) >= 11 is 0. The number of fused-ring (bicyclic) bond motifs is 1. The van der Waals surface area contributed by atoms with E-state index in [1.54, 1.807) is 0 Å². The van der Waals surface area contributed by atoms with Gasteiger partial charge in [-0.15, -0.1) is 0 Å². The largest absolute Gasteiger partial charge is 0.362 e. The topological polar surface area (TPSA) is 62.2 Å². The minimum Gasteiger partial charge on any atom is -0.362 e. The van der Waals surface area contributed by atoms with Crippen molar-refractivity contribution in [2.45, 2.75) is 34.2 Å². The van der Waals surface area contributed by atoms with Crippen LogP contribution in [0.25, 0.3) is 16.9 Å². The molecule has 0 bridgehead atoms. The van der Waals surface area contributed by atoms with E-state index in [1.807, 2.05) is 26.0 Å². The van der Waals surface area contributed by atoms with E-state index >= 15 is 0 Å². The minimum absolute atomic E-state index is 0.0840. The molecule has 0 radical (unpaired) electrons. The van der Waals surface area contributed by atoms with E-state index in [0.29, 0.717) is 12.1 Å². The summed E-state index contributed by atoms with van der Waals surface area (Å²) in [6.07, 6.45) is 2.06. The molecule has 2 N–H and O–H groups in total. The smallest absolute Gasteiger partial charge is 0.253 e. The number of hydrogen-bond acceptors (Lipinski definition) is 2. The van der Waals surface area contributed by atoms with Crippen LogP contribution in [0.4, 0.5) is 0 Å². The first-order valence-electron chi connectivity index (χ1n) is 9.41. The third kappa shape index (κ3) is 3.31. The van der Waals surface area contributed by atoms with Gasteiger partial charge in [-0.3, -0.25) is 4.79 Å². The first-order valence-corrected chi connectivity index (χ1v) is 9.41. The Morgan fingerprint density at radius 2 is 1.75 bits per heavy atom. The molecule has 5 nitrogen and oxygen atoms in total. The average molecular weight is 372 g/mol. The van der Waals surface area contributed by atoms with E-state index < -0.39 is 0 Å². The van der Waals surface area contributed by atoms with E-state index in [9.17, 15) is 4.79 Å². The number of rotatable bonds is 4. The van der Waals surface area contributed by atoms with Crippen molar-refractivity contribution in [1.82, 2.24) is 19.7 Å². The maximum Gasteiger partial charge on any atom is 0.253 e. The van der Waals surface area contributed by atoms with Gasteiger partial charge in [-0.2, -0.15) is 0 Å². The first kappa shape index (κ1) is 18.0. The normalized spacial score (nSPS) is 11.1. The van der Waals surface area contributed by atoms with E-state index in [0.717, 1.165) is 39.5 Å². The zero-order valence-electron chi connectivity index (χ0n) is 16.6. The molecule has 3 aromatic heterocycles. The lowest BCUT2D eigenvalue weighted by Gasteiger charge is -2.08. The SMILES string of the molecule is Cc1ccc(-c2nc3ccc(C)cn3c2CNC(=O)c2cc(C)[nH]c2C)cc1. The van der Waals surface area contributed by atoms with Gasteiger partial charge in [-0.25, -0.2) is 4.98 Å². The number of aromatic amines is 1. The lowest BCUT2D eigenvalue weighted by molar-refractivity contribution is 0.0950. The summed E-state index contributed by atoms with van der Waals surface area (Å²) in [4.78, 5) is 20.7. The number of nitrogens with one attached hydrogen (secondary N) is 2. The van der Waals surface area contributed by atoms with Crippen molar-refractivity contribution in [3.05, 3.63) is 82.4 Å². The number of nitrogens with zero attached hydrogens (tertiary/aromatic N) is 2. The van der Waals surface area contributed by atoms with E-state index in [-0.39, 0.29) is 5.91 Å². The maximum atomic E-state index is 12.7. The summed E-state index contributed by atoms with van der Waals surface area (Å²) in [6.45, 7) is 8.39. The van der Waals surface area contributed by atoms with Crippen molar-refractivity contribution < 1.29 is 4.79 Å². The van der Waals surface area contributed by atoms with Crippen molar-refractivity contribution >= 4 is 11.6 Å². The third-order valence-electron chi connectivity index (χ3n) is 5.00. The fourth-order valence-electron chi connectivity index (χ4n) is 3.53. The highest BCUT2D eigenvalue weighted by Gasteiger charge is 2.17. The van der Waals surface area contributed by atoms with Crippen LogP contribution in [0.3, 0.4) is 0 Å². The molecule has 3 heterocycles. The second-order valence-electron chi connectivity index (χ2n) is 7.38. The number of aromatic nitrogens is 3. The second kappa shape index (κ2) is 7.00. The van der Waals surface area contributed by atoms with Gasteiger partial charge in [0.05, 0.1) is 23.5 Å². The number of amides is 1. The Bertz CT molecular complexity index is 1170. The standard InChI is InChI=1S/C23H24N4O/c1-14-5-8-18(9-6-14)22-20(27-13-15(2)7-10-21(27)26-22)12-24-23(28)19-11-16(3)25-17(19)4/h5-11,13,25H,12H2,1-4H3,(H,24,28). The van der Waals surface area contributed by atoms with Gasteiger partial charge in [-0.1, -0.05) is 35.9 Å². The van der Waals surface area contributed by atoms with Gasteiger partial charge in [0.25, 0.3) is 5.91 Å². The molecule has 0 spiro atoms. The Kier molecular flexibility index (Phi) is 4.51. The molecule has 5 heteroatoms. The molecule has 1 amide bonds. The van der Waals surface area contributed by atoms with E-state index in [4.69, 9.17) is 4.98 Å². The number of imidazole rings is 1. The molecule has 0 aliphatic rings. The van der Waals surface area contributed by atoms with Crippen molar-refractivity contribution in [3.63, 3.8) is 0 Å². The van der Waals surface area contributed by atoms with E-state index in [1.165, 1.54) is 5.56 Å². The summed E-state index contributed by atoms with van der Waals surface area (Å²) in [5.41, 5.74) is 8.68. The highest BCUT2D eigenvalue weighted by molar-refractivity contribution is 5.95.